The zero-order chi connectivity index (χ0) is 18.5. The number of hydrogen-bond donors (Lipinski definition) is 0. The number of methoxy groups -OCH3 is 1. The topological polar surface area (TPSA) is 32.8 Å². The minimum Gasteiger partial charge on any atom is -0.497 e. The molecule has 0 aromatic heterocycles. The van der Waals surface area contributed by atoms with Crippen molar-refractivity contribution in [1.29, 1.82) is 0 Å². The Morgan fingerprint density at radius 2 is 1.85 bits per heavy atom. The van der Waals surface area contributed by atoms with Crippen molar-refractivity contribution in [3.63, 3.8) is 0 Å². The van der Waals surface area contributed by atoms with Crippen LogP contribution in [0.15, 0.2) is 48.5 Å². The van der Waals surface area contributed by atoms with Gasteiger partial charge in [-0.2, -0.15) is 0 Å². The number of rotatable bonds is 8. The van der Waals surface area contributed by atoms with Gasteiger partial charge in [-0.1, -0.05) is 24.3 Å². The molecule has 0 unspecified atom stereocenters. The van der Waals surface area contributed by atoms with E-state index in [1.165, 1.54) is 12.1 Å². The molecule has 1 aliphatic rings. The Bertz CT molecular complexity index is 744. The van der Waals surface area contributed by atoms with E-state index in [1.54, 1.807) is 24.1 Å². The molecule has 0 atom stereocenters. The highest BCUT2D eigenvalue weighted by atomic mass is 19.1. The average Bonchev–Trinajstić information content (AvgIpc) is 3.48. The molecule has 0 aliphatic heterocycles. The maximum absolute atomic E-state index is 13.1. The fourth-order valence-electron chi connectivity index (χ4n) is 3.01. The van der Waals surface area contributed by atoms with Crippen LogP contribution in [0.25, 0.3) is 0 Å². The SMILES string of the molecule is COc1cccc(CN(C)C(=O)CN(Cc2ccc(F)cc2)C2CC2)c1. The second-order valence-corrected chi connectivity index (χ2v) is 6.86. The van der Waals surface area contributed by atoms with Gasteiger partial charge in [0.25, 0.3) is 0 Å². The van der Waals surface area contributed by atoms with Crippen molar-refractivity contribution in [2.45, 2.75) is 32.0 Å². The van der Waals surface area contributed by atoms with Crippen molar-refractivity contribution in [2.75, 3.05) is 20.7 Å². The van der Waals surface area contributed by atoms with Crippen LogP contribution >= 0.6 is 0 Å². The van der Waals surface area contributed by atoms with Crippen molar-refractivity contribution >= 4 is 5.91 Å². The largest absolute Gasteiger partial charge is 0.497 e. The predicted octanol–water partition coefficient (Wildman–Crippen LogP) is 3.46. The van der Waals surface area contributed by atoms with Gasteiger partial charge in [-0.3, -0.25) is 9.69 Å². The third kappa shape index (κ3) is 5.05. The van der Waals surface area contributed by atoms with Gasteiger partial charge in [-0.15, -0.1) is 0 Å². The van der Waals surface area contributed by atoms with Crippen LogP contribution in [0, 0.1) is 5.82 Å². The molecule has 0 bridgehead atoms. The number of halogens is 1. The van der Waals surface area contributed by atoms with Crippen molar-refractivity contribution in [2.24, 2.45) is 0 Å². The molecule has 0 saturated heterocycles. The molecular weight excluding hydrogens is 331 g/mol. The average molecular weight is 356 g/mol. The number of carbonyl (C=O) groups excluding carboxylic acids is 1. The molecule has 0 spiro atoms. The molecule has 2 aromatic carbocycles. The molecule has 26 heavy (non-hydrogen) atoms. The monoisotopic (exact) mass is 356 g/mol. The zero-order valence-corrected chi connectivity index (χ0v) is 15.3. The molecule has 138 valence electrons. The fraction of sp³-hybridized carbons (Fsp3) is 0.381. The van der Waals surface area contributed by atoms with Gasteiger partial charge in [-0.25, -0.2) is 4.39 Å². The van der Waals surface area contributed by atoms with Gasteiger partial charge < -0.3 is 9.64 Å². The number of carbonyl (C=O) groups is 1. The minimum absolute atomic E-state index is 0.0850. The Hall–Kier alpha value is -2.40. The molecule has 1 fully saturated rings. The van der Waals surface area contributed by atoms with Crippen LogP contribution < -0.4 is 4.74 Å². The summed E-state index contributed by atoms with van der Waals surface area (Å²) in [7, 11) is 3.46. The Kier molecular flexibility index (Phi) is 5.89. The van der Waals surface area contributed by atoms with E-state index in [1.807, 2.05) is 31.3 Å². The smallest absolute Gasteiger partial charge is 0.236 e. The standard InChI is InChI=1S/C21H25FN2O2/c1-23(13-17-4-3-5-20(12-17)26-2)21(25)15-24(19-10-11-19)14-16-6-8-18(22)9-7-16/h3-9,12,19H,10-11,13-15H2,1-2H3. The summed E-state index contributed by atoms with van der Waals surface area (Å²) < 4.78 is 18.3. The highest BCUT2D eigenvalue weighted by Gasteiger charge is 2.31. The molecule has 1 saturated carbocycles. The van der Waals surface area contributed by atoms with Crippen LogP contribution in [0.4, 0.5) is 4.39 Å². The van der Waals surface area contributed by atoms with Crippen molar-refractivity contribution in [3.8, 4) is 5.75 Å². The maximum atomic E-state index is 13.1. The fourth-order valence-corrected chi connectivity index (χ4v) is 3.01. The van der Waals surface area contributed by atoms with E-state index in [4.69, 9.17) is 4.74 Å². The van der Waals surface area contributed by atoms with Gasteiger partial charge in [0.15, 0.2) is 0 Å². The van der Waals surface area contributed by atoms with Crippen LogP contribution in [0.3, 0.4) is 0 Å². The van der Waals surface area contributed by atoms with Gasteiger partial charge in [0.05, 0.1) is 13.7 Å². The lowest BCUT2D eigenvalue weighted by Crippen LogP contribution is -2.38. The molecule has 4 nitrogen and oxygen atoms in total. The number of benzene rings is 2. The summed E-state index contributed by atoms with van der Waals surface area (Å²) in [6.07, 6.45) is 2.24. The van der Waals surface area contributed by atoms with Crippen molar-refractivity contribution < 1.29 is 13.9 Å². The van der Waals surface area contributed by atoms with E-state index < -0.39 is 0 Å². The van der Waals surface area contributed by atoms with E-state index in [-0.39, 0.29) is 11.7 Å². The van der Waals surface area contributed by atoms with Crippen LogP contribution in [0.1, 0.15) is 24.0 Å². The van der Waals surface area contributed by atoms with Gasteiger partial charge in [0.2, 0.25) is 5.91 Å². The first-order chi connectivity index (χ1) is 12.5. The normalized spacial score (nSPS) is 13.7. The van der Waals surface area contributed by atoms with Crippen molar-refractivity contribution in [1.82, 2.24) is 9.80 Å². The van der Waals surface area contributed by atoms with E-state index in [9.17, 15) is 9.18 Å². The number of hydrogen-bond acceptors (Lipinski definition) is 3. The molecule has 0 radical (unpaired) electrons. The maximum Gasteiger partial charge on any atom is 0.236 e. The first-order valence-corrected chi connectivity index (χ1v) is 8.90. The lowest BCUT2D eigenvalue weighted by molar-refractivity contribution is -0.132. The number of nitrogens with zero attached hydrogens (tertiary/aromatic N) is 2. The van der Waals surface area contributed by atoms with Gasteiger partial charge in [0, 0.05) is 26.2 Å². The summed E-state index contributed by atoms with van der Waals surface area (Å²) in [5.41, 5.74) is 2.07. The summed E-state index contributed by atoms with van der Waals surface area (Å²) in [5.74, 6) is 0.641. The second-order valence-electron chi connectivity index (χ2n) is 6.86. The third-order valence-corrected chi connectivity index (χ3v) is 4.68. The zero-order valence-electron chi connectivity index (χ0n) is 15.3. The summed E-state index contributed by atoms with van der Waals surface area (Å²) in [5, 5.41) is 0. The van der Waals surface area contributed by atoms with E-state index >= 15 is 0 Å². The highest BCUT2D eigenvalue weighted by Crippen LogP contribution is 2.28. The van der Waals surface area contributed by atoms with Gasteiger partial charge in [-0.05, 0) is 48.2 Å². The van der Waals surface area contributed by atoms with Crippen LogP contribution in [-0.4, -0.2) is 42.5 Å². The molecule has 5 heteroatoms. The van der Waals surface area contributed by atoms with Gasteiger partial charge in [0.1, 0.15) is 11.6 Å². The lowest BCUT2D eigenvalue weighted by Gasteiger charge is -2.25. The van der Waals surface area contributed by atoms with E-state index in [0.717, 1.165) is 29.7 Å². The van der Waals surface area contributed by atoms with Gasteiger partial charge >= 0.3 is 0 Å². The Morgan fingerprint density at radius 3 is 2.50 bits per heavy atom. The summed E-state index contributed by atoms with van der Waals surface area (Å²) in [6.45, 7) is 1.59. The Labute approximate surface area is 154 Å². The predicted molar refractivity (Wildman–Crippen MR) is 99.3 cm³/mol. The Balaban J connectivity index is 1.59. The third-order valence-electron chi connectivity index (χ3n) is 4.68. The molecule has 1 amide bonds. The second kappa shape index (κ2) is 8.32. The molecule has 3 rings (SSSR count). The van der Waals surface area contributed by atoms with Crippen LogP contribution in [-0.2, 0) is 17.9 Å². The number of ether oxygens (including phenoxy) is 1. The molecule has 1 aliphatic carbocycles. The molecule has 2 aromatic rings. The quantitative estimate of drug-likeness (QED) is 0.726. The summed E-state index contributed by atoms with van der Waals surface area (Å²) in [4.78, 5) is 16.6. The summed E-state index contributed by atoms with van der Waals surface area (Å²) in [6, 6.07) is 14.7. The van der Waals surface area contributed by atoms with E-state index in [0.29, 0.717) is 25.7 Å². The van der Waals surface area contributed by atoms with Crippen molar-refractivity contribution in [3.05, 3.63) is 65.5 Å². The first kappa shape index (κ1) is 18.4. The molecule has 0 heterocycles. The van der Waals surface area contributed by atoms with Crippen LogP contribution in [0.5, 0.6) is 5.75 Å². The minimum atomic E-state index is -0.235. The lowest BCUT2D eigenvalue weighted by atomic mass is 10.2. The number of amides is 1. The highest BCUT2D eigenvalue weighted by molar-refractivity contribution is 5.78. The number of likely N-dealkylation sites (N-methyl/N-ethyl adjacent to an activating group) is 1. The first-order valence-electron chi connectivity index (χ1n) is 8.90. The summed E-state index contributed by atoms with van der Waals surface area (Å²) >= 11 is 0. The molecule has 0 N–H and O–H groups in total. The molecular formula is C21H25FN2O2. The van der Waals surface area contributed by atoms with Crippen LogP contribution in [0.2, 0.25) is 0 Å². The Morgan fingerprint density at radius 1 is 1.12 bits per heavy atom. The van der Waals surface area contributed by atoms with E-state index in [2.05, 4.69) is 4.90 Å².